The lowest BCUT2D eigenvalue weighted by Gasteiger charge is -2.19. The van der Waals surface area contributed by atoms with E-state index in [0.717, 1.165) is 0 Å². The first-order valence-corrected chi connectivity index (χ1v) is 8.89. The average Bonchev–Trinajstić information content (AvgIpc) is 2.65. The zero-order valence-corrected chi connectivity index (χ0v) is 16.0. The summed E-state index contributed by atoms with van der Waals surface area (Å²) in [5.41, 5.74) is 0.554. The van der Waals surface area contributed by atoms with Crippen molar-refractivity contribution in [2.75, 3.05) is 13.7 Å². The quantitative estimate of drug-likeness (QED) is 0.653. The van der Waals surface area contributed by atoms with Gasteiger partial charge >= 0.3 is 6.61 Å². The molecule has 0 fully saturated rings. The van der Waals surface area contributed by atoms with E-state index in [-0.39, 0.29) is 41.8 Å². The fourth-order valence-corrected chi connectivity index (χ4v) is 2.59. The molecule has 0 radical (unpaired) electrons. The highest BCUT2D eigenvalue weighted by molar-refractivity contribution is 5.91. The Morgan fingerprint density at radius 3 is 2.61 bits per heavy atom. The number of carbonyl (C=O) groups is 1. The first-order valence-electron chi connectivity index (χ1n) is 8.89. The van der Waals surface area contributed by atoms with Crippen LogP contribution < -0.4 is 15.0 Å². The van der Waals surface area contributed by atoms with Crippen LogP contribution in [-0.4, -0.2) is 40.9 Å². The molecule has 0 saturated heterocycles. The number of aryl methyl sites for hydroxylation is 1. The van der Waals surface area contributed by atoms with Gasteiger partial charge in [-0.25, -0.2) is 4.68 Å². The van der Waals surface area contributed by atoms with Crippen LogP contribution in [0.5, 0.6) is 11.5 Å². The minimum Gasteiger partial charge on any atom is -0.490 e. The van der Waals surface area contributed by atoms with Crippen LogP contribution in [-0.2, 0) is 13.1 Å². The Hall–Kier alpha value is -2.97. The first-order chi connectivity index (χ1) is 13.3. The number of alkyl halides is 2. The molecule has 0 N–H and O–H groups in total. The fraction of sp³-hybridized carbons (Fsp3) is 0.421. The third-order valence-electron chi connectivity index (χ3n) is 3.81. The smallest absolute Gasteiger partial charge is 0.387 e. The topological polar surface area (TPSA) is 73.7 Å². The molecule has 1 amide bonds. The third kappa shape index (κ3) is 5.51. The second kappa shape index (κ2) is 9.82. The minimum absolute atomic E-state index is 0.0668. The standard InChI is InChI=1S/C19H23F2N3O4/c1-4-10-24-17(25)9-7-14(22-24)18(26)23(3)12-13-6-8-15(28-19(20)21)16(11-13)27-5-2/h6-9,11,19H,4-5,10,12H2,1-3H3. The van der Waals surface area contributed by atoms with Crippen molar-refractivity contribution in [1.82, 2.24) is 14.7 Å². The number of hydrogen-bond acceptors (Lipinski definition) is 5. The van der Waals surface area contributed by atoms with E-state index in [9.17, 15) is 18.4 Å². The van der Waals surface area contributed by atoms with Crippen LogP contribution in [0.3, 0.4) is 0 Å². The van der Waals surface area contributed by atoms with Crippen molar-refractivity contribution in [2.45, 2.75) is 40.0 Å². The van der Waals surface area contributed by atoms with E-state index < -0.39 is 6.61 Å². The molecule has 0 spiro atoms. The maximum absolute atomic E-state index is 12.6. The van der Waals surface area contributed by atoms with Gasteiger partial charge in [-0.2, -0.15) is 13.9 Å². The molecular formula is C19H23F2N3O4. The summed E-state index contributed by atoms with van der Waals surface area (Å²) >= 11 is 0. The Morgan fingerprint density at radius 1 is 1.21 bits per heavy atom. The maximum atomic E-state index is 12.6. The van der Waals surface area contributed by atoms with E-state index >= 15 is 0 Å². The molecule has 7 nitrogen and oxygen atoms in total. The van der Waals surface area contributed by atoms with E-state index in [2.05, 4.69) is 9.84 Å². The Kier molecular flexibility index (Phi) is 7.48. The van der Waals surface area contributed by atoms with Gasteiger partial charge in [0.15, 0.2) is 11.5 Å². The van der Waals surface area contributed by atoms with E-state index in [1.54, 1.807) is 26.1 Å². The number of carbonyl (C=O) groups excluding carboxylic acids is 1. The normalized spacial score (nSPS) is 10.8. The van der Waals surface area contributed by atoms with Gasteiger partial charge in [0.1, 0.15) is 5.69 Å². The van der Waals surface area contributed by atoms with Gasteiger partial charge in [-0.05, 0) is 37.1 Å². The largest absolute Gasteiger partial charge is 0.490 e. The van der Waals surface area contributed by atoms with Gasteiger partial charge in [0.25, 0.3) is 11.5 Å². The monoisotopic (exact) mass is 395 g/mol. The van der Waals surface area contributed by atoms with E-state index in [0.29, 0.717) is 18.5 Å². The molecule has 0 bridgehead atoms. The summed E-state index contributed by atoms with van der Waals surface area (Å²) in [5, 5.41) is 4.10. The first kappa shape index (κ1) is 21.3. The molecule has 1 heterocycles. The number of aromatic nitrogens is 2. The van der Waals surface area contributed by atoms with Crippen molar-refractivity contribution in [1.29, 1.82) is 0 Å². The molecule has 1 aromatic carbocycles. The number of nitrogens with zero attached hydrogens (tertiary/aromatic N) is 3. The number of ether oxygens (including phenoxy) is 2. The van der Waals surface area contributed by atoms with Gasteiger partial charge in [0, 0.05) is 26.2 Å². The van der Waals surface area contributed by atoms with Gasteiger partial charge in [-0.3, -0.25) is 9.59 Å². The lowest BCUT2D eigenvalue weighted by Crippen LogP contribution is -2.31. The molecule has 152 valence electrons. The van der Waals surface area contributed by atoms with Crippen molar-refractivity contribution >= 4 is 5.91 Å². The number of rotatable bonds is 9. The molecule has 0 unspecified atom stereocenters. The summed E-state index contributed by atoms with van der Waals surface area (Å²) in [6, 6.07) is 7.21. The lowest BCUT2D eigenvalue weighted by molar-refractivity contribution is -0.0514. The zero-order chi connectivity index (χ0) is 20.7. The highest BCUT2D eigenvalue weighted by atomic mass is 19.3. The van der Waals surface area contributed by atoms with Crippen LogP contribution in [0, 0.1) is 0 Å². The predicted molar refractivity (Wildman–Crippen MR) is 98.8 cm³/mol. The van der Waals surface area contributed by atoms with E-state index in [1.165, 1.54) is 27.8 Å². The second-order valence-electron chi connectivity index (χ2n) is 6.03. The minimum atomic E-state index is -2.96. The highest BCUT2D eigenvalue weighted by Crippen LogP contribution is 2.30. The van der Waals surface area contributed by atoms with Crippen LogP contribution in [0.1, 0.15) is 36.3 Å². The molecule has 0 aliphatic rings. The van der Waals surface area contributed by atoms with Gasteiger partial charge in [-0.15, -0.1) is 0 Å². The second-order valence-corrected chi connectivity index (χ2v) is 6.03. The molecule has 0 saturated carbocycles. The highest BCUT2D eigenvalue weighted by Gasteiger charge is 2.17. The van der Waals surface area contributed by atoms with Crippen molar-refractivity contribution in [3.63, 3.8) is 0 Å². The summed E-state index contributed by atoms with van der Waals surface area (Å²) in [4.78, 5) is 25.8. The molecule has 0 aliphatic carbocycles. The number of halogens is 2. The van der Waals surface area contributed by atoms with Gasteiger partial charge in [0.2, 0.25) is 0 Å². The van der Waals surface area contributed by atoms with E-state index in [1.807, 2.05) is 6.92 Å². The zero-order valence-electron chi connectivity index (χ0n) is 16.0. The number of hydrogen-bond donors (Lipinski definition) is 0. The molecular weight excluding hydrogens is 372 g/mol. The number of amides is 1. The van der Waals surface area contributed by atoms with Crippen LogP contribution >= 0.6 is 0 Å². The summed E-state index contributed by atoms with van der Waals surface area (Å²) in [6.07, 6.45) is 0.716. The fourth-order valence-electron chi connectivity index (χ4n) is 2.59. The van der Waals surface area contributed by atoms with Gasteiger partial charge < -0.3 is 14.4 Å². The van der Waals surface area contributed by atoms with Crippen LogP contribution in [0.25, 0.3) is 0 Å². The Labute approximate surface area is 161 Å². The molecule has 0 atom stereocenters. The maximum Gasteiger partial charge on any atom is 0.387 e. The number of benzene rings is 1. The third-order valence-corrected chi connectivity index (χ3v) is 3.81. The molecule has 2 aromatic rings. The summed E-state index contributed by atoms with van der Waals surface area (Å²) in [7, 11) is 1.59. The molecule has 1 aromatic heterocycles. The lowest BCUT2D eigenvalue weighted by atomic mass is 10.2. The Balaban J connectivity index is 2.18. The van der Waals surface area contributed by atoms with Crippen LogP contribution in [0.4, 0.5) is 8.78 Å². The van der Waals surface area contributed by atoms with Crippen molar-refractivity contribution in [3.05, 3.63) is 51.9 Å². The SMILES string of the molecule is CCCn1nc(C(=O)N(C)Cc2ccc(OC(F)F)c(OCC)c2)ccc1=O. The van der Waals surface area contributed by atoms with Gasteiger partial charge in [0.05, 0.1) is 6.61 Å². The summed E-state index contributed by atoms with van der Waals surface area (Å²) < 4.78 is 36.0. The van der Waals surface area contributed by atoms with Crippen LogP contribution in [0.2, 0.25) is 0 Å². The average molecular weight is 395 g/mol. The van der Waals surface area contributed by atoms with Crippen LogP contribution in [0.15, 0.2) is 35.1 Å². The molecule has 2 rings (SSSR count). The van der Waals surface area contributed by atoms with Crippen molar-refractivity contribution in [2.24, 2.45) is 0 Å². The molecule has 0 aliphatic heterocycles. The Morgan fingerprint density at radius 2 is 1.96 bits per heavy atom. The predicted octanol–water partition coefficient (Wildman–Crippen LogP) is 2.93. The molecule has 9 heteroatoms. The molecule has 28 heavy (non-hydrogen) atoms. The van der Waals surface area contributed by atoms with Crippen molar-refractivity contribution in [3.8, 4) is 11.5 Å². The van der Waals surface area contributed by atoms with E-state index in [4.69, 9.17) is 4.74 Å². The Bertz CT molecular complexity index is 870. The van der Waals surface area contributed by atoms with Gasteiger partial charge in [-0.1, -0.05) is 13.0 Å². The summed E-state index contributed by atoms with van der Waals surface area (Å²) in [6.45, 7) is 1.58. The summed E-state index contributed by atoms with van der Waals surface area (Å²) in [5.74, 6) is -0.255. The van der Waals surface area contributed by atoms with Crippen molar-refractivity contribution < 1.29 is 23.0 Å².